The van der Waals surface area contributed by atoms with Gasteiger partial charge in [-0.15, -0.1) is 0 Å². The highest BCUT2D eigenvalue weighted by molar-refractivity contribution is 5.95. The quantitative estimate of drug-likeness (QED) is 0.507. The van der Waals surface area contributed by atoms with Crippen molar-refractivity contribution >= 4 is 16.3 Å². The van der Waals surface area contributed by atoms with Crippen LogP contribution in [0, 0.1) is 6.42 Å². The second kappa shape index (κ2) is 7.89. The van der Waals surface area contributed by atoms with Crippen LogP contribution in [0.4, 0.5) is 0 Å². The van der Waals surface area contributed by atoms with Gasteiger partial charge in [-0.3, -0.25) is 0 Å². The van der Waals surface area contributed by atoms with Crippen molar-refractivity contribution in [2.45, 2.75) is 46.0 Å². The molecule has 0 aliphatic rings. The van der Waals surface area contributed by atoms with Gasteiger partial charge in [-0.1, -0.05) is 81.1 Å². The maximum atomic E-state index is 2.40. The molecule has 0 fully saturated rings. The zero-order valence-corrected chi connectivity index (χ0v) is 12.7. The molecular weight excluding hydrogens is 240 g/mol. The minimum Gasteiger partial charge on any atom is -0.0835 e. The molecule has 0 amide bonds. The standard InChI is InChI=1S/C20H25/c1-3-5-6-7-8-12-17(4-2)19-16-11-14-18-13-9-10-15-20(18)19/h4,9-16H,3,5-8H2,1-2H3/b17-4-. The summed E-state index contributed by atoms with van der Waals surface area (Å²) >= 11 is 0. The summed E-state index contributed by atoms with van der Waals surface area (Å²) in [6.45, 7) is 4.40. The van der Waals surface area contributed by atoms with E-state index in [1.165, 1.54) is 54.0 Å². The van der Waals surface area contributed by atoms with Crippen molar-refractivity contribution in [2.24, 2.45) is 0 Å². The number of benzene rings is 2. The van der Waals surface area contributed by atoms with E-state index in [4.69, 9.17) is 0 Å². The Bertz CT molecular complexity index is 558. The van der Waals surface area contributed by atoms with E-state index in [1.54, 1.807) is 0 Å². The van der Waals surface area contributed by atoms with E-state index in [-0.39, 0.29) is 0 Å². The summed E-state index contributed by atoms with van der Waals surface area (Å²) in [6, 6.07) is 15.2. The Balaban J connectivity index is 2.10. The number of unbranched alkanes of at least 4 members (excludes halogenated alkanes) is 4. The lowest BCUT2D eigenvalue weighted by Crippen LogP contribution is -1.89. The van der Waals surface area contributed by atoms with Crippen LogP contribution in [0.2, 0.25) is 0 Å². The highest BCUT2D eigenvalue weighted by atomic mass is 14.1. The highest BCUT2D eigenvalue weighted by Crippen LogP contribution is 2.28. The maximum absolute atomic E-state index is 2.40. The molecule has 0 heterocycles. The molecule has 0 aromatic heterocycles. The number of fused-ring (bicyclic) bond motifs is 1. The molecule has 0 nitrogen and oxygen atoms in total. The van der Waals surface area contributed by atoms with Crippen LogP contribution in [-0.4, -0.2) is 0 Å². The zero-order chi connectivity index (χ0) is 14.2. The second-order valence-electron chi connectivity index (χ2n) is 5.32. The normalized spacial score (nSPS) is 12.0. The summed E-state index contributed by atoms with van der Waals surface area (Å²) in [5.74, 6) is 0. The third-order valence-corrected chi connectivity index (χ3v) is 3.83. The van der Waals surface area contributed by atoms with Gasteiger partial charge >= 0.3 is 0 Å². The average Bonchev–Trinajstić information content (AvgIpc) is 2.51. The maximum Gasteiger partial charge on any atom is -0.00901 e. The van der Waals surface area contributed by atoms with Gasteiger partial charge in [0.1, 0.15) is 0 Å². The molecular formula is C20H25. The molecule has 0 saturated carbocycles. The first-order valence-electron chi connectivity index (χ1n) is 7.84. The summed E-state index contributed by atoms with van der Waals surface area (Å²) < 4.78 is 0. The lowest BCUT2D eigenvalue weighted by Gasteiger charge is -2.10. The topological polar surface area (TPSA) is 0 Å². The lowest BCUT2D eigenvalue weighted by atomic mass is 9.94. The van der Waals surface area contributed by atoms with Crippen molar-refractivity contribution < 1.29 is 0 Å². The molecule has 0 aliphatic carbocycles. The molecule has 105 valence electrons. The summed E-state index contributed by atoms with van der Waals surface area (Å²) in [5.41, 5.74) is 2.74. The van der Waals surface area contributed by atoms with Crippen LogP contribution in [0.25, 0.3) is 16.3 Å². The Labute approximate surface area is 123 Å². The molecule has 0 aliphatic heterocycles. The molecule has 0 bridgehead atoms. The Morgan fingerprint density at radius 1 is 0.950 bits per heavy atom. The van der Waals surface area contributed by atoms with E-state index in [0.717, 1.165) is 0 Å². The molecule has 0 spiro atoms. The van der Waals surface area contributed by atoms with E-state index in [9.17, 15) is 0 Å². The second-order valence-corrected chi connectivity index (χ2v) is 5.32. The number of allylic oxidation sites excluding steroid dienone is 2. The van der Waals surface area contributed by atoms with Crippen LogP contribution >= 0.6 is 0 Å². The molecule has 0 heteroatoms. The molecule has 2 rings (SSSR count). The van der Waals surface area contributed by atoms with Crippen LogP contribution in [0.1, 0.15) is 51.5 Å². The van der Waals surface area contributed by atoms with Crippen molar-refractivity contribution in [1.29, 1.82) is 0 Å². The largest absolute Gasteiger partial charge is 0.0835 e. The van der Waals surface area contributed by atoms with Crippen molar-refractivity contribution in [3.63, 3.8) is 0 Å². The third-order valence-electron chi connectivity index (χ3n) is 3.83. The fourth-order valence-corrected chi connectivity index (χ4v) is 2.69. The predicted molar refractivity (Wildman–Crippen MR) is 90.7 cm³/mol. The summed E-state index contributed by atoms with van der Waals surface area (Å²) in [5, 5.41) is 2.68. The van der Waals surface area contributed by atoms with Crippen molar-refractivity contribution in [3.05, 3.63) is 60.5 Å². The minimum absolute atomic E-state index is 1.18. The predicted octanol–water partition coefficient (Wildman–Crippen LogP) is 6.42. The Morgan fingerprint density at radius 2 is 1.75 bits per heavy atom. The SMILES string of the molecule is C/C=C(/[CH]CCCCCC)c1cccc2ccccc12. The molecule has 1 radical (unpaired) electrons. The summed E-state index contributed by atoms with van der Waals surface area (Å²) in [7, 11) is 0. The van der Waals surface area contributed by atoms with Crippen LogP contribution in [0.15, 0.2) is 48.5 Å². The fourth-order valence-electron chi connectivity index (χ4n) is 2.69. The van der Waals surface area contributed by atoms with E-state index in [1.807, 2.05) is 0 Å². The van der Waals surface area contributed by atoms with Crippen molar-refractivity contribution in [3.8, 4) is 0 Å². The fraction of sp³-hybridized carbons (Fsp3) is 0.350. The number of hydrogen-bond acceptors (Lipinski definition) is 0. The van der Waals surface area contributed by atoms with E-state index in [2.05, 4.69) is 68.8 Å². The van der Waals surface area contributed by atoms with Gasteiger partial charge in [0.05, 0.1) is 0 Å². The highest BCUT2D eigenvalue weighted by Gasteiger charge is 2.05. The summed E-state index contributed by atoms with van der Waals surface area (Å²) in [6.07, 6.45) is 11.1. The Kier molecular flexibility index (Phi) is 5.86. The molecule has 0 saturated heterocycles. The zero-order valence-electron chi connectivity index (χ0n) is 12.7. The van der Waals surface area contributed by atoms with Gasteiger partial charge in [-0.05, 0) is 41.7 Å². The number of hydrogen-bond donors (Lipinski definition) is 0. The molecule has 2 aromatic carbocycles. The minimum atomic E-state index is 1.18. The molecule has 0 unspecified atom stereocenters. The van der Waals surface area contributed by atoms with Crippen molar-refractivity contribution in [1.82, 2.24) is 0 Å². The molecule has 0 atom stereocenters. The van der Waals surface area contributed by atoms with Gasteiger partial charge in [0.2, 0.25) is 0 Å². The van der Waals surface area contributed by atoms with Gasteiger partial charge in [0.15, 0.2) is 0 Å². The molecule has 0 N–H and O–H groups in total. The molecule has 2 aromatic rings. The van der Waals surface area contributed by atoms with Gasteiger partial charge in [0.25, 0.3) is 0 Å². The van der Waals surface area contributed by atoms with E-state index < -0.39 is 0 Å². The third kappa shape index (κ3) is 3.72. The molecule has 20 heavy (non-hydrogen) atoms. The van der Waals surface area contributed by atoms with Gasteiger partial charge < -0.3 is 0 Å². The first-order valence-corrected chi connectivity index (χ1v) is 7.84. The smallest absolute Gasteiger partial charge is 0.00901 e. The van der Waals surface area contributed by atoms with Gasteiger partial charge in [0, 0.05) is 0 Å². The van der Waals surface area contributed by atoms with Gasteiger partial charge in [-0.2, -0.15) is 0 Å². The Morgan fingerprint density at radius 3 is 2.55 bits per heavy atom. The van der Waals surface area contributed by atoms with Crippen LogP contribution in [0.3, 0.4) is 0 Å². The van der Waals surface area contributed by atoms with Gasteiger partial charge in [-0.25, -0.2) is 0 Å². The van der Waals surface area contributed by atoms with Crippen LogP contribution in [0.5, 0.6) is 0 Å². The van der Waals surface area contributed by atoms with E-state index in [0.29, 0.717) is 0 Å². The Hall–Kier alpha value is -1.56. The first-order chi connectivity index (χ1) is 9.86. The lowest BCUT2D eigenvalue weighted by molar-refractivity contribution is 0.667. The first kappa shape index (κ1) is 14.8. The van der Waals surface area contributed by atoms with Crippen LogP contribution < -0.4 is 0 Å². The average molecular weight is 265 g/mol. The number of rotatable bonds is 7. The summed E-state index contributed by atoms with van der Waals surface area (Å²) in [4.78, 5) is 0. The monoisotopic (exact) mass is 265 g/mol. The van der Waals surface area contributed by atoms with E-state index >= 15 is 0 Å². The van der Waals surface area contributed by atoms with Crippen molar-refractivity contribution in [2.75, 3.05) is 0 Å². The van der Waals surface area contributed by atoms with Crippen LogP contribution in [-0.2, 0) is 0 Å².